The van der Waals surface area contributed by atoms with Crippen molar-refractivity contribution in [3.05, 3.63) is 0 Å². The number of hydrogen-bond acceptors (Lipinski definition) is 15. The highest BCUT2D eigenvalue weighted by atomic mass is 31.2. The second-order valence-corrected chi connectivity index (χ2v) is 31.0. The summed E-state index contributed by atoms with van der Waals surface area (Å²) < 4.78 is 68.4. The topological polar surface area (TPSA) is 237 Å². The average Bonchev–Trinajstić information content (AvgIpc) is 2.98. The van der Waals surface area contributed by atoms with E-state index >= 15 is 0 Å². The largest absolute Gasteiger partial charge is 0.472 e. The molecule has 0 fully saturated rings. The van der Waals surface area contributed by atoms with Gasteiger partial charge in [-0.15, -0.1) is 0 Å². The summed E-state index contributed by atoms with van der Waals surface area (Å²) in [6, 6.07) is 0. The molecule has 0 saturated heterocycles. The predicted molar refractivity (Wildman–Crippen MR) is 386 cm³/mol. The summed E-state index contributed by atoms with van der Waals surface area (Å²) >= 11 is 0. The molecule has 0 rings (SSSR count). The summed E-state index contributed by atoms with van der Waals surface area (Å²) in [5.41, 5.74) is 0. The van der Waals surface area contributed by atoms with Crippen molar-refractivity contribution in [2.24, 2.45) is 11.8 Å². The summed E-state index contributed by atoms with van der Waals surface area (Å²) in [5, 5.41) is 10.6. The van der Waals surface area contributed by atoms with Crippen molar-refractivity contribution < 1.29 is 80.2 Å². The highest BCUT2D eigenvalue weighted by molar-refractivity contribution is 7.47. The van der Waals surface area contributed by atoms with E-state index in [1.165, 1.54) is 205 Å². The second kappa shape index (κ2) is 67.9. The molecule has 95 heavy (non-hydrogen) atoms. The van der Waals surface area contributed by atoms with Gasteiger partial charge in [-0.1, -0.05) is 343 Å². The fourth-order valence-corrected chi connectivity index (χ4v) is 13.2. The third-order valence-electron chi connectivity index (χ3n) is 18.1. The van der Waals surface area contributed by atoms with Gasteiger partial charge in [-0.05, 0) is 37.5 Å². The Hall–Kier alpha value is -1.94. The molecule has 0 spiro atoms. The van der Waals surface area contributed by atoms with Gasteiger partial charge in [0.25, 0.3) is 0 Å². The van der Waals surface area contributed by atoms with Gasteiger partial charge >= 0.3 is 39.5 Å². The molecular formula is C76H148O17P2. The zero-order chi connectivity index (χ0) is 70.0. The van der Waals surface area contributed by atoms with Crippen LogP contribution < -0.4 is 0 Å². The van der Waals surface area contributed by atoms with Crippen molar-refractivity contribution in [2.45, 2.75) is 413 Å². The van der Waals surface area contributed by atoms with Crippen LogP contribution in [0.4, 0.5) is 0 Å². The summed E-state index contributed by atoms with van der Waals surface area (Å²) in [5.74, 6) is -0.580. The summed E-state index contributed by atoms with van der Waals surface area (Å²) in [6.07, 6.45) is 55.6. The van der Waals surface area contributed by atoms with Gasteiger partial charge in [0.1, 0.15) is 19.3 Å². The lowest BCUT2D eigenvalue weighted by Crippen LogP contribution is -2.30. The third-order valence-corrected chi connectivity index (χ3v) is 20.0. The maximum Gasteiger partial charge on any atom is 0.472 e. The summed E-state index contributed by atoms with van der Waals surface area (Å²) in [7, 11) is -9.91. The number of esters is 4. The summed E-state index contributed by atoms with van der Waals surface area (Å²) in [4.78, 5) is 72.7. The number of carbonyl (C=O) groups is 4. The molecule has 0 bridgehead atoms. The minimum atomic E-state index is -4.96. The lowest BCUT2D eigenvalue weighted by Gasteiger charge is -2.21. The maximum absolute atomic E-state index is 13.1. The zero-order valence-electron chi connectivity index (χ0n) is 62.0. The van der Waals surface area contributed by atoms with Crippen molar-refractivity contribution in [1.82, 2.24) is 0 Å². The Labute approximate surface area is 581 Å². The minimum Gasteiger partial charge on any atom is -0.462 e. The van der Waals surface area contributed by atoms with E-state index in [4.69, 9.17) is 37.0 Å². The van der Waals surface area contributed by atoms with E-state index < -0.39 is 97.5 Å². The molecule has 19 heteroatoms. The predicted octanol–water partition coefficient (Wildman–Crippen LogP) is 22.3. The van der Waals surface area contributed by atoms with Crippen LogP contribution in [0.15, 0.2) is 0 Å². The van der Waals surface area contributed by atoms with E-state index in [0.717, 1.165) is 108 Å². The quantitative estimate of drug-likeness (QED) is 0.0222. The number of rotatable bonds is 75. The lowest BCUT2D eigenvalue weighted by atomic mass is 9.99. The second-order valence-electron chi connectivity index (χ2n) is 28.1. The van der Waals surface area contributed by atoms with E-state index in [1.807, 2.05) is 0 Å². The van der Waals surface area contributed by atoms with Crippen LogP contribution in [0, 0.1) is 11.8 Å². The molecule has 0 aliphatic rings. The fourth-order valence-electron chi connectivity index (χ4n) is 11.6. The van der Waals surface area contributed by atoms with Gasteiger partial charge in [-0.2, -0.15) is 0 Å². The smallest absolute Gasteiger partial charge is 0.462 e. The molecule has 0 aromatic rings. The van der Waals surface area contributed by atoms with Crippen LogP contribution in [0.25, 0.3) is 0 Å². The molecule has 564 valence electrons. The molecule has 0 aliphatic heterocycles. The van der Waals surface area contributed by atoms with Crippen molar-refractivity contribution in [3.63, 3.8) is 0 Å². The van der Waals surface area contributed by atoms with Crippen molar-refractivity contribution in [2.75, 3.05) is 39.6 Å². The minimum absolute atomic E-state index is 0.105. The number of hydrogen-bond donors (Lipinski definition) is 3. The summed E-state index contributed by atoms with van der Waals surface area (Å²) in [6.45, 7) is 9.56. The van der Waals surface area contributed by atoms with Crippen LogP contribution in [-0.4, -0.2) is 96.7 Å². The van der Waals surface area contributed by atoms with E-state index in [1.54, 1.807) is 0 Å². The van der Waals surface area contributed by atoms with Crippen LogP contribution in [0.1, 0.15) is 395 Å². The van der Waals surface area contributed by atoms with Crippen LogP contribution in [0.5, 0.6) is 0 Å². The number of phosphoric ester groups is 2. The Morgan fingerprint density at radius 1 is 0.305 bits per heavy atom. The van der Waals surface area contributed by atoms with Gasteiger partial charge in [0.15, 0.2) is 12.2 Å². The highest BCUT2D eigenvalue weighted by Gasteiger charge is 2.30. The first-order valence-corrected chi connectivity index (χ1v) is 42.5. The number of carbonyl (C=O) groups excluding carboxylic acids is 4. The molecule has 0 aromatic carbocycles. The first-order valence-electron chi connectivity index (χ1n) is 39.5. The SMILES string of the molecule is CCCCCCCCCCCCCCCCCCCCCCCC(=O)O[C@H](COC(=O)CCCCCCCCCCCCCC(C)C)COP(=O)(O)OC[C@@H](O)COP(=O)(O)OC[C@@H](COC(=O)CCCCCCCCCC)OC(=O)CCCCCCCCCCC(C)CC. The normalized spacial score (nSPS) is 14.3. The highest BCUT2D eigenvalue weighted by Crippen LogP contribution is 2.45. The molecular weight excluding hydrogens is 1250 g/mol. The van der Waals surface area contributed by atoms with Crippen molar-refractivity contribution in [3.8, 4) is 0 Å². The van der Waals surface area contributed by atoms with Gasteiger partial charge in [-0.25, -0.2) is 9.13 Å². The number of ether oxygens (including phenoxy) is 4. The first kappa shape index (κ1) is 93.1. The van der Waals surface area contributed by atoms with Crippen molar-refractivity contribution >= 4 is 39.5 Å². The molecule has 3 N–H and O–H groups in total. The van der Waals surface area contributed by atoms with E-state index in [0.29, 0.717) is 25.7 Å². The van der Waals surface area contributed by atoms with E-state index in [9.17, 15) is 43.2 Å². The van der Waals surface area contributed by atoms with Crippen LogP contribution >= 0.6 is 15.6 Å². The maximum atomic E-state index is 13.1. The number of phosphoric acid groups is 2. The molecule has 0 amide bonds. The zero-order valence-corrected chi connectivity index (χ0v) is 63.8. The standard InChI is InChI=1S/C76H148O17P2/c1-7-10-12-14-16-18-19-20-21-22-23-24-25-26-27-28-31-35-42-48-54-60-75(80)92-72(65-87-74(79)59-53-47-41-34-32-29-30-33-38-44-50-56-68(4)5)67-91-95(84,85)89-63-70(77)62-88-94(82,83)90-66-71(64-86-73(78)58-52-46-40-17-15-13-11-8-2)93-76(81)61-55-49-43-37-36-39-45-51-57-69(6)9-3/h68-72,77H,7-67H2,1-6H3,(H,82,83)(H,84,85)/t69?,70-,71+,72+/m0/s1. The Balaban J connectivity index is 5.18. The lowest BCUT2D eigenvalue weighted by molar-refractivity contribution is -0.161. The van der Waals surface area contributed by atoms with Gasteiger partial charge in [-0.3, -0.25) is 37.3 Å². The van der Waals surface area contributed by atoms with Gasteiger partial charge in [0, 0.05) is 25.7 Å². The molecule has 17 nitrogen and oxygen atoms in total. The Kier molecular flexibility index (Phi) is 66.5. The van der Waals surface area contributed by atoms with E-state index in [2.05, 4.69) is 41.5 Å². The molecule has 3 unspecified atom stereocenters. The molecule has 0 aromatic heterocycles. The van der Waals surface area contributed by atoms with Crippen molar-refractivity contribution in [1.29, 1.82) is 0 Å². The molecule has 0 heterocycles. The molecule has 0 aliphatic carbocycles. The third kappa shape index (κ3) is 69.0. The van der Waals surface area contributed by atoms with Gasteiger partial charge in [0.05, 0.1) is 26.4 Å². The number of unbranched alkanes of at least 4 members (excludes halogenated alkanes) is 44. The Morgan fingerprint density at radius 2 is 0.537 bits per heavy atom. The van der Waals surface area contributed by atoms with Crippen LogP contribution in [0.2, 0.25) is 0 Å². The number of aliphatic hydroxyl groups excluding tert-OH is 1. The fraction of sp³-hybridized carbons (Fsp3) is 0.947. The average molecular weight is 1400 g/mol. The van der Waals surface area contributed by atoms with Crippen LogP contribution in [-0.2, 0) is 65.4 Å². The first-order chi connectivity index (χ1) is 45.9. The Bertz CT molecular complexity index is 1840. The van der Waals surface area contributed by atoms with Gasteiger partial charge < -0.3 is 33.8 Å². The Morgan fingerprint density at radius 3 is 0.800 bits per heavy atom. The van der Waals surface area contributed by atoms with E-state index in [-0.39, 0.29) is 25.7 Å². The molecule has 6 atom stereocenters. The number of aliphatic hydroxyl groups is 1. The monoisotopic (exact) mass is 1400 g/mol. The van der Waals surface area contributed by atoms with Crippen LogP contribution in [0.3, 0.4) is 0 Å². The van der Waals surface area contributed by atoms with Gasteiger partial charge in [0.2, 0.25) is 0 Å². The molecule has 0 saturated carbocycles. The molecule has 0 radical (unpaired) electrons.